The summed E-state index contributed by atoms with van der Waals surface area (Å²) in [6, 6.07) is 16.1. The van der Waals surface area contributed by atoms with Crippen LogP contribution < -0.4 is 4.74 Å². The number of fused-ring (bicyclic) bond motifs is 1. The maximum atomic E-state index is 12.3. The highest BCUT2D eigenvalue weighted by Crippen LogP contribution is 2.29. The van der Waals surface area contributed by atoms with Crippen LogP contribution in [0.4, 0.5) is 0 Å². The lowest BCUT2D eigenvalue weighted by atomic mass is 9.95. The smallest absolute Gasteiger partial charge is 0.161 e. The first-order valence-corrected chi connectivity index (χ1v) is 11.8. The molecular weight excluding hydrogens is 432 g/mol. The third-order valence-corrected chi connectivity index (χ3v) is 5.99. The van der Waals surface area contributed by atoms with E-state index in [-0.39, 0.29) is 42.8 Å². The van der Waals surface area contributed by atoms with Gasteiger partial charge in [0.25, 0.3) is 0 Å². The van der Waals surface area contributed by atoms with E-state index in [1.54, 1.807) is 30.3 Å². The lowest BCUT2D eigenvalue weighted by molar-refractivity contribution is -0.121. The highest BCUT2D eigenvalue weighted by atomic mass is 16.5. The van der Waals surface area contributed by atoms with Crippen LogP contribution in [0.2, 0.25) is 0 Å². The number of phenols is 2. The van der Waals surface area contributed by atoms with Crippen LogP contribution in [0.15, 0.2) is 54.6 Å². The highest BCUT2D eigenvalue weighted by molar-refractivity contribution is 5.84. The molecule has 0 bridgehead atoms. The molecule has 0 amide bonds. The van der Waals surface area contributed by atoms with Gasteiger partial charge in [-0.15, -0.1) is 0 Å². The average molecular weight is 467 g/mol. The molecule has 4 N–H and O–H groups in total. The Labute approximate surface area is 200 Å². The molecule has 0 fully saturated rings. The maximum Gasteiger partial charge on any atom is 0.161 e. The molecule has 3 rings (SSSR count). The second-order valence-corrected chi connectivity index (χ2v) is 9.06. The van der Waals surface area contributed by atoms with Crippen LogP contribution >= 0.6 is 0 Å². The molecule has 6 nitrogen and oxygen atoms in total. The molecule has 0 spiro atoms. The van der Waals surface area contributed by atoms with Gasteiger partial charge in [0.05, 0.1) is 6.10 Å². The van der Waals surface area contributed by atoms with Gasteiger partial charge < -0.3 is 25.2 Å². The Hall–Kier alpha value is -3.09. The topological polar surface area (TPSA) is 107 Å². The van der Waals surface area contributed by atoms with Gasteiger partial charge in [0.15, 0.2) is 11.5 Å². The normalized spacial score (nSPS) is 13.0. The lowest BCUT2D eigenvalue weighted by Crippen LogP contribution is -2.17. The third-order valence-electron chi connectivity index (χ3n) is 5.99. The van der Waals surface area contributed by atoms with Gasteiger partial charge in [0.1, 0.15) is 18.1 Å². The zero-order valence-corrected chi connectivity index (χ0v) is 19.6. The molecule has 0 saturated heterocycles. The minimum absolute atomic E-state index is 0.000369. The first-order chi connectivity index (χ1) is 16.3. The number of phenolic OH excluding ortho intramolecular Hbond substituents is 2. The fourth-order valence-corrected chi connectivity index (χ4v) is 4.12. The van der Waals surface area contributed by atoms with Crippen molar-refractivity contribution in [2.75, 3.05) is 6.61 Å². The number of carbonyl (C=O) groups is 1. The molecule has 34 heavy (non-hydrogen) atoms. The molecule has 0 aliphatic carbocycles. The van der Waals surface area contributed by atoms with Gasteiger partial charge >= 0.3 is 0 Å². The number of benzene rings is 3. The predicted molar refractivity (Wildman–Crippen MR) is 132 cm³/mol. The van der Waals surface area contributed by atoms with E-state index in [0.29, 0.717) is 31.4 Å². The molecular formula is C28H34O6. The minimum atomic E-state index is -0.661. The van der Waals surface area contributed by atoms with Crippen molar-refractivity contribution in [1.82, 2.24) is 0 Å². The van der Waals surface area contributed by atoms with E-state index in [2.05, 4.69) is 0 Å². The summed E-state index contributed by atoms with van der Waals surface area (Å²) in [4.78, 5) is 12.3. The lowest BCUT2D eigenvalue weighted by Gasteiger charge is -2.15. The summed E-state index contributed by atoms with van der Waals surface area (Å²) >= 11 is 0. The summed E-state index contributed by atoms with van der Waals surface area (Å²) in [7, 11) is 0. The molecule has 0 radical (unpaired) electrons. The average Bonchev–Trinajstić information content (AvgIpc) is 2.81. The second-order valence-electron chi connectivity index (χ2n) is 9.06. The quantitative estimate of drug-likeness (QED) is 0.286. The van der Waals surface area contributed by atoms with Crippen LogP contribution in [-0.2, 0) is 17.8 Å². The van der Waals surface area contributed by atoms with Crippen molar-refractivity contribution in [2.24, 2.45) is 5.92 Å². The van der Waals surface area contributed by atoms with Crippen molar-refractivity contribution in [3.63, 3.8) is 0 Å². The molecule has 3 aromatic rings. The monoisotopic (exact) mass is 466 g/mol. The summed E-state index contributed by atoms with van der Waals surface area (Å²) in [6.07, 6.45) is 2.37. The first kappa shape index (κ1) is 25.5. The van der Waals surface area contributed by atoms with Gasteiger partial charge in [-0.2, -0.15) is 0 Å². The number of aliphatic hydroxyl groups is 2. The second kappa shape index (κ2) is 12.4. The molecule has 0 unspecified atom stereocenters. The van der Waals surface area contributed by atoms with Crippen molar-refractivity contribution in [3.8, 4) is 17.2 Å². The maximum absolute atomic E-state index is 12.3. The largest absolute Gasteiger partial charge is 0.508 e. The Morgan fingerprint density at radius 3 is 2.50 bits per heavy atom. The zero-order chi connectivity index (χ0) is 24.5. The molecule has 0 aliphatic heterocycles. The Kier molecular flexibility index (Phi) is 9.31. The number of rotatable bonds is 13. The summed E-state index contributed by atoms with van der Waals surface area (Å²) in [5.41, 5.74) is 1.81. The standard InChI is InChI=1S/C28H34O6/c1-19(3-2-12-29)13-26(32)17-25(31)9-5-20-6-11-27(33)28(15-20)34-18-21-4-7-23-16-24(30)10-8-22(23)14-21/h4,6-8,10-11,14-16,19,26,29-30,32-33H,2-3,5,9,12-13,17-18H2,1H3/t19-,26-/m1/s1. The van der Waals surface area contributed by atoms with E-state index in [4.69, 9.17) is 9.84 Å². The van der Waals surface area contributed by atoms with Crippen LogP contribution in [0.1, 0.15) is 50.2 Å². The summed E-state index contributed by atoms with van der Waals surface area (Å²) in [6.45, 7) is 2.43. The van der Waals surface area contributed by atoms with E-state index in [1.807, 2.05) is 31.2 Å². The molecule has 0 aliphatic rings. The van der Waals surface area contributed by atoms with Gasteiger partial charge in [-0.1, -0.05) is 31.2 Å². The fourth-order valence-electron chi connectivity index (χ4n) is 4.12. The molecule has 0 aromatic heterocycles. The van der Waals surface area contributed by atoms with E-state index >= 15 is 0 Å². The van der Waals surface area contributed by atoms with Crippen molar-refractivity contribution in [2.45, 2.75) is 58.2 Å². The molecule has 182 valence electrons. The Balaban J connectivity index is 1.51. The summed E-state index contributed by atoms with van der Waals surface area (Å²) in [5.74, 6) is 0.876. The van der Waals surface area contributed by atoms with Gasteiger partial charge in [-0.25, -0.2) is 0 Å². The van der Waals surface area contributed by atoms with Crippen molar-refractivity contribution in [3.05, 3.63) is 65.7 Å². The number of Topliss-reactive ketones (excluding diaryl/α,β-unsaturated/α-hetero) is 1. The van der Waals surface area contributed by atoms with Crippen molar-refractivity contribution >= 4 is 16.6 Å². The molecule has 3 aromatic carbocycles. The molecule has 0 saturated carbocycles. The van der Waals surface area contributed by atoms with Gasteiger partial charge in [-0.05, 0) is 83.8 Å². The van der Waals surface area contributed by atoms with Crippen LogP contribution in [0.3, 0.4) is 0 Å². The van der Waals surface area contributed by atoms with E-state index in [9.17, 15) is 20.1 Å². The van der Waals surface area contributed by atoms with Crippen LogP contribution in [0.5, 0.6) is 17.2 Å². The zero-order valence-electron chi connectivity index (χ0n) is 19.6. The van der Waals surface area contributed by atoms with Crippen LogP contribution in [-0.4, -0.2) is 38.9 Å². The SMILES string of the molecule is C[C@H](CCCO)C[C@@H](O)CC(=O)CCc1ccc(O)c(OCc2ccc3cc(O)ccc3c2)c1. The minimum Gasteiger partial charge on any atom is -0.508 e. The third kappa shape index (κ3) is 7.75. The molecule has 2 atom stereocenters. The number of aromatic hydroxyl groups is 2. The van der Waals surface area contributed by atoms with Gasteiger partial charge in [0, 0.05) is 19.4 Å². The van der Waals surface area contributed by atoms with Crippen molar-refractivity contribution < 1.29 is 30.0 Å². The van der Waals surface area contributed by atoms with E-state index in [0.717, 1.165) is 28.3 Å². The van der Waals surface area contributed by atoms with Crippen LogP contribution in [0, 0.1) is 5.92 Å². The number of aliphatic hydroxyl groups excluding tert-OH is 2. The highest BCUT2D eigenvalue weighted by Gasteiger charge is 2.15. The molecule has 6 heteroatoms. The van der Waals surface area contributed by atoms with Gasteiger partial charge in [0.2, 0.25) is 0 Å². The number of carbonyl (C=O) groups excluding carboxylic acids is 1. The number of ether oxygens (including phenoxy) is 1. The van der Waals surface area contributed by atoms with Crippen molar-refractivity contribution in [1.29, 1.82) is 0 Å². The first-order valence-electron chi connectivity index (χ1n) is 11.8. The summed E-state index contributed by atoms with van der Waals surface area (Å²) in [5, 5.41) is 40.8. The van der Waals surface area contributed by atoms with E-state index < -0.39 is 6.10 Å². The fraction of sp³-hybridized carbons (Fsp3) is 0.393. The molecule has 0 heterocycles. The number of ketones is 1. The Morgan fingerprint density at radius 1 is 0.971 bits per heavy atom. The predicted octanol–water partition coefficient (Wildman–Crippen LogP) is 4.88. The number of hydrogen-bond donors (Lipinski definition) is 4. The van der Waals surface area contributed by atoms with Gasteiger partial charge in [-0.3, -0.25) is 4.79 Å². The van der Waals surface area contributed by atoms with E-state index in [1.165, 1.54) is 0 Å². The summed E-state index contributed by atoms with van der Waals surface area (Å²) < 4.78 is 5.84. The Bertz CT molecular complexity index is 1090. The van der Waals surface area contributed by atoms with Crippen LogP contribution in [0.25, 0.3) is 10.8 Å². The number of aryl methyl sites for hydroxylation is 1. The number of hydrogen-bond acceptors (Lipinski definition) is 6. The Morgan fingerprint density at radius 2 is 1.71 bits per heavy atom.